The summed E-state index contributed by atoms with van der Waals surface area (Å²) in [7, 11) is 0. The van der Waals surface area contributed by atoms with Crippen LogP contribution in [0.25, 0.3) is 0 Å². The molecule has 4 heteroatoms. The molecule has 4 aliphatic carbocycles. The number of allylic oxidation sites excluding steroid dienone is 1. The SMILES string of the molecule is CC[C@H]1CC2=CC(=O)CC[C@@H]2[C@H]2CC[C@@]3(C)[C@@H](CC[C@@]3(O)/C=C\C(=O)O)[C@H]12. The van der Waals surface area contributed by atoms with Gasteiger partial charge in [-0.15, -0.1) is 0 Å². The average Bonchev–Trinajstić information content (AvgIpc) is 2.90. The van der Waals surface area contributed by atoms with Crippen molar-refractivity contribution in [1.82, 2.24) is 0 Å². The molecule has 2 N–H and O–H groups in total. The van der Waals surface area contributed by atoms with E-state index in [2.05, 4.69) is 13.8 Å². The molecule has 148 valence electrons. The van der Waals surface area contributed by atoms with Gasteiger partial charge in [0.1, 0.15) is 0 Å². The number of hydrogen-bond donors (Lipinski definition) is 2. The van der Waals surface area contributed by atoms with Crippen LogP contribution in [0, 0.1) is 35.0 Å². The number of carboxylic acid groups (broad SMARTS) is 1. The summed E-state index contributed by atoms with van der Waals surface area (Å²) in [5.74, 6) is 2.05. The van der Waals surface area contributed by atoms with Crippen molar-refractivity contribution in [1.29, 1.82) is 0 Å². The van der Waals surface area contributed by atoms with Gasteiger partial charge in [-0.05, 0) is 80.3 Å². The number of fused-ring (bicyclic) bond motifs is 5. The molecular formula is C23H32O4. The van der Waals surface area contributed by atoms with Gasteiger partial charge in [0, 0.05) is 17.9 Å². The number of rotatable bonds is 3. The summed E-state index contributed by atoms with van der Waals surface area (Å²) in [6, 6.07) is 0. The van der Waals surface area contributed by atoms with Crippen molar-refractivity contribution in [3.63, 3.8) is 0 Å². The number of aliphatic carboxylic acids is 1. The summed E-state index contributed by atoms with van der Waals surface area (Å²) in [4.78, 5) is 23.0. The molecule has 0 radical (unpaired) electrons. The summed E-state index contributed by atoms with van der Waals surface area (Å²) in [6.07, 6.45) is 12.1. The number of ketones is 1. The Hall–Kier alpha value is -1.42. The minimum absolute atomic E-state index is 0.251. The van der Waals surface area contributed by atoms with Crippen molar-refractivity contribution >= 4 is 11.8 Å². The normalized spacial score (nSPS) is 46.6. The second-order valence-electron chi connectivity index (χ2n) is 9.64. The van der Waals surface area contributed by atoms with Gasteiger partial charge in [0.15, 0.2) is 5.78 Å². The van der Waals surface area contributed by atoms with Crippen LogP contribution in [0.15, 0.2) is 23.8 Å². The van der Waals surface area contributed by atoms with E-state index in [1.807, 2.05) is 6.08 Å². The maximum Gasteiger partial charge on any atom is 0.328 e. The molecule has 4 rings (SSSR count). The van der Waals surface area contributed by atoms with Crippen LogP contribution in [0.3, 0.4) is 0 Å². The second kappa shape index (κ2) is 6.58. The van der Waals surface area contributed by atoms with Crippen LogP contribution in [0.2, 0.25) is 0 Å². The molecule has 0 unspecified atom stereocenters. The van der Waals surface area contributed by atoms with E-state index in [1.54, 1.807) is 6.08 Å². The molecule has 27 heavy (non-hydrogen) atoms. The highest BCUT2D eigenvalue weighted by Gasteiger charge is 2.62. The van der Waals surface area contributed by atoms with Crippen molar-refractivity contribution in [2.75, 3.05) is 0 Å². The van der Waals surface area contributed by atoms with Gasteiger partial charge in [0.05, 0.1) is 5.60 Å². The number of hydrogen-bond acceptors (Lipinski definition) is 3. The third-order valence-corrected chi connectivity index (χ3v) is 8.71. The lowest BCUT2D eigenvalue weighted by atomic mass is 9.48. The minimum atomic E-state index is -1.02. The number of carboxylic acids is 1. The first-order valence-electron chi connectivity index (χ1n) is 10.7. The van der Waals surface area contributed by atoms with Crippen LogP contribution in [-0.4, -0.2) is 27.6 Å². The van der Waals surface area contributed by atoms with E-state index in [-0.39, 0.29) is 5.41 Å². The second-order valence-corrected chi connectivity index (χ2v) is 9.64. The summed E-state index contributed by atoms with van der Waals surface area (Å²) in [5.41, 5.74) is 0.124. The molecule has 4 nitrogen and oxygen atoms in total. The summed E-state index contributed by atoms with van der Waals surface area (Å²) in [5, 5.41) is 20.5. The van der Waals surface area contributed by atoms with Gasteiger partial charge in [0.25, 0.3) is 0 Å². The molecule has 4 aliphatic rings. The van der Waals surface area contributed by atoms with Gasteiger partial charge in [-0.2, -0.15) is 0 Å². The number of aliphatic hydroxyl groups is 1. The van der Waals surface area contributed by atoms with Crippen LogP contribution < -0.4 is 0 Å². The Morgan fingerprint density at radius 2 is 2.07 bits per heavy atom. The molecule has 0 aromatic heterocycles. The molecule has 0 spiro atoms. The zero-order chi connectivity index (χ0) is 19.4. The Morgan fingerprint density at radius 3 is 2.78 bits per heavy atom. The van der Waals surface area contributed by atoms with E-state index in [9.17, 15) is 14.7 Å². The van der Waals surface area contributed by atoms with Crippen LogP contribution in [0.1, 0.15) is 65.2 Å². The Bertz CT molecular complexity index is 707. The molecule has 0 saturated heterocycles. The zero-order valence-corrected chi connectivity index (χ0v) is 16.5. The van der Waals surface area contributed by atoms with Crippen LogP contribution in [0.4, 0.5) is 0 Å². The van der Waals surface area contributed by atoms with E-state index >= 15 is 0 Å². The summed E-state index contributed by atoms with van der Waals surface area (Å²) in [6.45, 7) is 4.44. The van der Waals surface area contributed by atoms with Crippen molar-refractivity contribution in [2.24, 2.45) is 35.0 Å². The lowest BCUT2D eigenvalue weighted by Crippen LogP contribution is -2.54. The van der Waals surface area contributed by atoms with Gasteiger partial charge < -0.3 is 10.2 Å². The van der Waals surface area contributed by atoms with Crippen molar-refractivity contribution in [3.8, 4) is 0 Å². The molecule has 0 heterocycles. The first-order chi connectivity index (χ1) is 12.8. The molecule has 0 bridgehead atoms. The van der Waals surface area contributed by atoms with Gasteiger partial charge in [-0.25, -0.2) is 4.79 Å². The Labute approximate surface area is 161 Å². The Morgan fingerprint density at radius 1 is 1.30 bits per heavy atom. The van der Waals surface area contributed by atoms with E-state index in [4.69, 9.17) is 5.11 Å². The molecule has 0 aliphatic heterocycles. The van der Waals surface area contributed by atoms with Crippen molar-refractivity contribution in [2.45, 2.75) is 70.8 Å². The molecule has 0 aromatic rings. The predicted octanol–water partition coefficient (Wildman–Crippen LogP) is 4.14. The molecule has 0 aromatic carbocycles. The van der Waals surface area contributed by atoms with E-state index in [0.29, 0.717) is 48.2 Å². The molecular weight excluding hydrogens is 340 g/mol. The maximum atomic E-state index is 12.0. The van der Waals surface area contributed by atoms with E-state index in [1.165, 1.54) is 5.57 Å². The van der Waals surface area contributed by atoms with Crippen molar-refractivity contribution < 1.29 is 19.8 Å². The third-order valence-electron chi connectivity index (χ3n) is 8.71. The Kier molecular flexibility index (Phi) is 4.61. The monoisotopic (exact) mass is 372 g/mol. The van der Waals surface area contributed by atoms with Gasteiger partial charge in [0.2, 0.25) is 0 Å². The maximum absolute atomic E-state index is 12.0. The molecule has 3 fully saturated rings. The van der Waals surface area contributed by atoms with Crippen LogP contribution >= 0.6 is 0 Å². The largest absolute Gasteiger partial charge is 0.478 e. The third kappa shape index (κ3) is 2.83. The minimum Gasteiger partial charge on any atom is -0.478 e. The number of carbonyl (C=O) groups excluding carboxylic acids is 1. The summed E-state index contributed by atoms with van der Waals surface area (Å²) >= 11 is 0. The molecule has 3 saturated carbocycles. The summed E-state index contributed by atoms with van der Waals surface area (Å²) < 4.78 is 0. The van der Waals surface area contributed by atoms with Gasteiger partial charge >= 0.3 is 5.97 Å². The lowest BCUT2D eigenvalue weighted by Gasteiger charge is -2.57. The molecule has 0 amide bonds. The fourth-order valence-corrected chi connectivity index (χ4v) is 7.33. The topological polar surface area (TPSA) is 74.6 Å². The zero-order valence-electron chi connectivity index (χ0n) is 16.5. The highest BCUT2D eigenvalue weighted by molar-refractivity contribution is 5.91. The van der Waals surface area contributed by atoms with E-state index in [0.717, 1.165) is 44.6 Å². The number of carbonyl (C=O) groups is 2. The van der Waals surface area contributed by atoms with Gasteiger partial charge in [-0.3, -0.25) is 4.79 Å². The van der Waals surface area contributed by atoms with Crippen LogP contribution in [0.5, 0.6) is 0 Å². The Balaban J connectivity index is 1.68. The average molecular weight is 373 g/mol. The standard InChI is InChI=1S/C23H32O4/c1-3-14-12-15-13-16(24)4-5-17(15)18-6-9-22(2)19(21(14)18)7-10-23(22,27)11-8-20(25)26/h8,11,13-14,17-19,21,27H,3-7,9-10,12H2,1-2H3,(H,25,26)/b11-8-/t14-,17-,18+,19-,21+,22-,23+/m0/s1. The molecule has 7 atom stereocenters. The fraction of sp³-hybridized carbons (Fsp3) is 0.739. The quantitative estimate of drug-likeness (QED) is 0.730. The lowest BCUT2D eigenvalue weighted by molar-refractivity contribution is -0.132. The van der Waals surface area contributed by atoms with Gasteiger partial charge in [-0.1, -0.05) is 25.8 Å². The van der Waals surface area contributed by atoms with Crippen LogP contribution in [-0.2, 0) is 9.59 Å². The van der Waals surface area contributed by atoms with Crippen molar-refractivity contribution in [3.05, 3.63) is 23.8 Å². The highest BCUT2D eigenvalue weighted by atomic mass is 16.4. The fourth-order valence-electron chi connectivity index (χ4n) is 7.33. The van der Waals surface area contributed by atoms with E-state index < -0.39 is 11.6 Å². The highest BCUT2D eigenvalue weighted by Crippen LogP contribution is 2.66. The first kappa shape index (κ1) is 18.9. The smallest absolute Gasteiger partial charge is 0.328 e. The predicted molar refractivity (Wildman–Crippen MR) is 103 cm³/mol. The first-order valence-corrected chi connectivity index (χ1v) is 10.7.